The van der Waals surface area contributed by atoms with Gasteiger partial charge in [0.1, 0.15) is 0 Å². The highest BCUT2D eigenvalue weighted by atomic mass is 79.9. The van der Waals surface area contributed by atoms with Crippen molar-refractivity contribution >= 4 is 21.8 Å². The fraction of sp³-hybridized carbons (Fsp3) is 0.316. The van der Waals surface area contributed by atoms with Crippen molar-refractivity contribution in [3.05, 3.63) is 58.6 Å². The van der Waals surface area contributed by atoms with Crippen molar-refractivity contribution in [3.63, 3.8) is 0 Å². The molecule has 4 nitrogen and oxygen atoms in total. The summed E-state index contributed by atoms with van der Waals surface area (Å²) in [5.74, 6) is 1.05. The standard InChI is InChI=1S/C19H22BrNO3/c1-14(7-8-15-9-11-16(20)12-10-15)21-19(22)13-24-18-6-4-3-5-17(18)23-2/h3-6,9-12,14H,7-8,13H2,1-2H3,(H,21,22). The molecular weight excluding hydrogens is 370 g/mol. The minimum Gasteiger partial charge on any atom is -0.493 e. The van der Waals surface area contributed by atoms with Crippen LogP contribution in [0.5, 0.6) is 11.5 Å². The van der Waals surface area contributed by atoms with Crippen LogP contribution in [0.1, 0.15) is 18.9 Å². The first-order valence-corrected chi connectivity index (χ1v) is 8.67. The maximum absolute atomic E-state index is 12.0. The Labute approximate surface area is 151 Å². The van der Waals surface area contributed by atoms with Gasteiger partial charge >= 0.3 is 0 Å². The maximum atomic E-state index is 12.0. The Hall–Kier alpha value is -2.01. The number of carbonyl (C=O) groups is 1. The zero-order chi connectivity index (χ0) is 17.4. The number of carbonyl (C=O) groups excluding carboxylic acids is 1. The van der Waals surface area contributed by atoms with Crippen LogP contribution >= 0.6 is 15.9 Å². The molecule has 2 aromatic carbocycles. The van der Waals surface area contributed by atoms with E-state index in [-0.39, 0.29) is 18.6 Å². The van der Waals surface area contributed by atoms with Crippen LogP contribution in [0.2, 0.25) is 0 Å². The Morgan fingerprint density at radius 2 is 1.79 bits per heavy atom. The molecule has 5 heteroatoms. The number of para-hydroxylation sites is 2. The van der Waals surface area contributed by atoms with Crippen LogP contribution in [0, 0.1) is 0 Å². The molecule has 0 radical (unpaired) electrons. The smallest absolute Gasteiger partial charge is 0.258 e. The van der Waals surface area contributed by atoms with E-state index >= 15 is 0 Å². The molecule has 0 aromatic heterocycles. The number of hydrogen-bond acceptors (Lipinski definition) is 3. The number of halogens is 1. The average molecular weight is 392 g/mol. The van der Waals surface area contributed by atoms with Crippen molar-refractivity contribution in [2.75, 3.05) is 13.7 Å². The van der Waals surface area contributed by atoms with Crippen molar-refractivity contribution < 1.29 is 14.3 Å². The van der Waals surface area contributed by atoms with E-state index in [1.54, 1.807) is 19.2 Å². The summed E-state index contributed by atoms with van der Waals surface area (Å²) in [4.78, 5) is 12.0. The molecule has 0 saturated heterocycles. The van der Waals surface area contributed by atoms with Gasteiger partial charge in [0, 0.05) is 10.5 Å². The van der Waals surface area contributed by atoms with E-state index in [4.69, 9.17) is 9.47 Å². The number of hydrogen-bond donors (Lipinski definition) is 1. The molecule has 0 saturated carbocycles. The Morgan fingerprint density at radius 1 is 1.12 bits per heavy atom. The van der Waals surface area contributed by atoms with E-state index < -0.39 is 0 Å². The maximum Gasteiger partial charge on any atom is 0.258 e. The lowest BCUT2D eigenvalue weighted by atomic mass is 10.1. The van der Waals surface area contributed by atoms with Crippen LogP contribution in [0.4, 0.5) is 0 Å². The normalized spacial score (nSPS) is 11.6. The van der Waals surface area contributed by atoms with Gasteiger partial charge in [-0.2, -0.15) is 0 Å². The molecule has 24 heavy (non-hydrogen) atoms. The lowest BCUT2D eigenvalue weighted by molar-refractivity contribution is -0.123. The van der Waals surface area contributed by atoms with E-state index in [1.165, 1.54) is 5.56 Å². The second-order valence-corrected chi connectivity index (χ2v) is 6.49. The molecule has 0 aliphatic carbocycles. The van der Waals surface area contributed by atoms with Gasteiger partial charge in [0.15, 0.2) is 18.1 Å². The predicted octanol–water partition coefficient (Wildman–Crippen LogP) is 3.97. The zero-order valence-corrected chi connectivity index (χ0v) is 15.5. The average Bonchev–Trinajstić information content (AvgIpc) is 2.59. The fourth-order valence-electron chi connectivity index (χ4n) is 2.30. The van der Waals surface area contributed by atoms with Crippen molar-refractivity contribution in [2.24, 2.45) is 0 Å². The molecule has 0 heterocycles. The predicted molar refractivity (Wildman–Crippen MR) is 98.6 cm³/mol. The molecule has 2 rings (SSSR count). The fourth-order valence-corrected chi connectivity index (χ4v) is 2.57. The van der Waals surface area contributed by atoms with E-state index in [9.17, 15) is 4.79 Å². The summed E-state index contributed by atoms with van der Waals surface area (Å²) in [6.07, 6.45) is 1.80. The van der Waals surface area contributed by atoms with Crippen LogP contribution in [-0.4, -0.2) is 25.7 Å². The number of rotatable bonds is 8. The van der Waals surface area contributed by atoms with Gasteiger partial charge in [-0.15, -0.1) is 0 Å². The minimum atomic E-state index is -0.135. The highest BCUT2D eigenvalue weighted by Crippen LogP contribution is 2.25. The first-order chi connectivity index (χ1) is 11.6. The van der Waals surface area contributed by atoms with Crippen molar-refractivity contribution in [2.45, 2.75) is 25.8 Å². The number of methoxy groups -OCH3 is 1. The number of amides is 1. The third kappa shape index (κ3) is 5.89. The molecular formula is C19H22BrNO3. The molecule has 2 aromatic rings. The summed E-state index contributed by atoms with van der Waals surface area (Å²) in [5.41, 5.74) is 1.25. The van der Waals surface area contributed by atoms with Crippen LogP contribution < -0.4 is 14.8 Å². The van der Waals surface area contributed by atoms with E-state index in [1.807, 2.05) is 31.2 Å². The van der Waals surface area contributed by atoms with Gasteiger partial charge in [0.25, 0.3) is 5.91 Å². The van der Waals surface area contributed by atoms with Crippen LogP contribution in [0.3, 0.4) is 0 Å². The second kappa shape index (κ2) is 9.33. The van der Waals surface area contributed by atoms with Gasteiger partial charge in [-0.05, 0) is 49.6 Å². The molecule has 0 bridgehead atoms. The molecule has 0 aliphatic rings. The van der Waals surface area contributed by atoms with Crippen LogP contribution in [0.15, 0.2) is 53.0 Å². The van der Waals surface area contributed by atoms with E-state index in [0.29, 0.717) is 11.5 Å². The van der Waals surface area contributed by atoms with Crippen molar-refractivity contribution in [1.29, 1.82) is 0 Å². The van der Waals surface area contributed by atoms with Gasteiger partial charge in [0.05, 0.1) is 7.11 Å². The lowest BCUT2D eigenvalue weighted by Crippen LogP contribution is -2.36. The molecule has 1 unspecified atom stereocenters. The summed E-state index contributed by atoms with van der Waals surface area (Å²) in [5, 5.41) is 2.96. The number of benzene rings is 2. The van der Waals surface area contributed by atoms with Gasteiger partial charge in [0.2, 0.25) is 0 Å². The van der Waals surface area contributed by atoms with Crippen molar-refractivity contribution in [1.82, 2.24) is 5.32 Å². The molecule has 1 N–H and O–H groups in total. The summed E-state index contributed by atoms with van der Waals surface area (Å²) in [6, 6.07) is 15.6. The summed E-state index contributed by atoms with van der Waals surface area (Å²) >= 11 is 3.43. The Morgan fingerprint density at radius 3 is 2.46 bits per heavy atom. The third-order valence-electron chi connectivity index (χ3n) is 3.61. The number of aryl methyl sites for hydroxylation is 1. The van der Waals surface area contributed by atoms with Gasteiger partial charge in [-0.25, -0.2) is 0 Å². The van der Waals surface area contributed by atoms with E-state index in [0.717, 1.165) is 17.3 Å². The number of nitrogens with one attached hydrogen (secondary N) is 1. The Kier molecular flexibility index (Phi) is 7.12. The number of ether oxygens (including phenoxy) is 2. The van der Waals surface area contributed by atoms with E-state index in [2.05, 4.69) is 33.4 Å². The van der Waals surface area contributed by atoms with Gasteiger partial charge in [-0.1, -0.05) is 40.2 Å². The quantitative estimate of drug-likeness (QED) is 0.740. The molecule has 128 valence electrons. The zero-order valence-electron chi connectivity index (χ0n) is 13.9. The second-order valence-electron chi connectivity index (χ2n) is 5.57. The Bertz CT molecular complexity index is 658. The molecule has 0 fully saturated rings. The molecule has 1 amide bonds. The highest BCUT2D eigenvalue weighted by molar-refractivity contribution is 9.10. The summed E-state index contributed by atoms with van der Waals surface area (Å²) < 4.78 is 11.8. The van der Waals surface area contributed by atoms with Gasteiger partial charge in [-0.3, -0.25) is 4.79 Å². The lowest BCUT2D eigenvalue weighted by Gasteiger charge is -2.15. The molecule has 0 aliphatic heterocycles. The first-order valence-electron chi connectivity index (χ1n) is 7.88. The summed E-state index contributed by atoms with van der Waals surface area (Å²) in [6.45, 7) is 1.98. The highest BCUT2D eigenvalue weighted by Gasteiger charge is 2.10. The van der Waals surface area contributed by atoms with Crippen LogP contribution in [0.25, 0.3) is 0 Å². The minimum absolute atomic E-state index is 0.0248. The van der Waals surface area contributed by atoms with Crippen LogP contribution in [-0.2, 0) is 11.2 Å². The molecule has 1 atom stereocenters. The van der Waals surface area contributed by atoms with Gasteiger partial charge < -0.3 is 14.8 Å². The first kappa shape index (κ1) is 18.3. The summed E-state index contributed by atoms with van der Waals surface area (Å²) in [7, 11) is 1.58. The third-order valence-corrected chi connectivity index (χ3v) is 4.14. The monoisotopic (exact) mass is 391 g/mol. The SMILES string of the molecule is COc1ccccc1OCC(=O)NC(C)CCc1ccc(Br)cc1. The Balaban J connectivity index is 1.74. The topological polar surface area (TPSA) is 47.6 Å². The largest absolute Gasteiger partial charge is 0.493 e. The van der Waals surface area contributed by atoms with Crippen molar-refractivity contribution in [3.8, 4) is 11.5 Å². The molecule has 0 spiro atoms.